The van der Waals surface area contributed by atoms with Gasteiger partial charge in [0.05, 0.1) is 22.4 Å². The number of amides is 1. The van der Waals surface area contributed by atoms with E-state index in [0.717, 1.165) is 39.6 Å². The Morgan fingerprint density at radius 2 is 1.97 bits per heavy atom. The van der Waals surface area contributed by atoms with Gasteiger partial charge in [-0.05, 0) is 35.7 Å². The first kappa shape index (κ1) is 19.2. The summed E-state index contributed by atoms with van der Waals surface area (Å²) in [5, 5.41) is 20.0. The Kier molecular flexibility index (Phi) is 5.67. The summed E-state index contributed by atoms with van der Waals surface area (Å²) < 4.78 is 0.842. The van der Waals surface area contributed by atoms with E-state index in [1.54, 1.807) is 39.0 Å². The first-order valence-electron chi connectivity index (χ1n) is 9.46. The van der Waals surface area contributed by atoms with Gasteiger partial charge in [-0.3, -0.25) is 4.79 Å². The average Bonchev–Trinajstić information content (AvgIpc) is 3.56. The van der Waals surface area contributed by atoms with Gasteiger partial charge in [-0.2, -0.15) is 5.10 Å². The minimum atomic E-state index is -0.0187. The Balaban J connectivity index is 1.29. The summed E-state index contributed by atoms with van der Waals surface area (Å²) in [6.45, 7) is 2.10. The number of hydrogen-bond acceptors (Lipinski definition) is 9. The van der Waals surface area contributed by atoms with Gasteiger partial charge in [0, 0.05) is 24.4 Å². The summed E-state index contributed by atoms with van der Waals surface area (Å²) in [5.41, 5.74) is 0.990. The van der Waals surface area contributed by atoms with Crippen LogP contribution >= 0.6 is 45.8 Å². The number of rotatable bonds is 6. The second-order valence-corrected chi connectivity index (χ2v) is 10.9. The number of anilines is 1. The molecule has 2 aliphatic heterocycles. The molecule has 0 saturated carbocycles. The van der Waals surface area contributed by atoms with Crippen LogP contribution in [0.5, 0.6) is 0 Å². The van der Waals surface area contributed by atoms with Crippen molar-refractivity contribution in [3.63, 3.8) is 0 Å². The number of carbonyl (C=O) groups is 1. The molecule has 1 saturated heterocycles. The van der Waals surface area contributed by atoms with Crippen molar-refractivity contribution in [3.8, 4) is 0 Å². The summed E-state index contributed by atoms with van der Waals surface area (Å²) in [5.74, 6) is 0.329. The van der Waals surface area contributed by atoms with Crippen LogP contribution in [0.4, 0.5) is 5.13 Å². The number of thiophene rings is 2. The van der Waals surface area contributed by atoms with Crippen molar-refractivity contribution in [3.05, 3.63) is 44.8 Å². The molecule has 150 valence electrons. The van der Waals surface area contributed by atoms with Crippen LogP contribution in [0.3, 0.4) is 0 Å². The third kappa shape index (κ3) is 4.11. The molecule has 3 aromatic rings. The zero-order valence-corrected chi connectivity index (χ0v) is 18.8. The number of hydrazone groups is 1. The van der Waals surface area contributed by atoms with E-state index in [1.807, 2.05) is 17.5 Å². The number of thioether (sulfide) groups is 1. The highest BCUT2D eigenvalue weighted by Crippen LogP contribution is 2.37. The average molecular weight is 462 g/mol. The molecule has 0 bridgehead atoms. The smallest absolute Gasteiger partial charge is 0.253 e. The topological polar surface area (TPSA) is 61.7 Å². The highest BCUT2D eigenvalue weighted by molar-refractivity contribution is 8.01. The minimum absolute atomic E-state index is 0.0119. The van der Waals surface area contributed by atoms with E-state index >= 15 is 0 Å². The van der Waals surface area contributed by atoms with Gasteiger partial charge in [-0.15, -0.1) is 32.9 Å². The van der Waals surface area contributed by atoms with E-state index in [0.29, 0.717) is 5.75 Å². The molecular formula is C19H19N5OS4. The molecule has 3 aromatic heterocycles. The van der Waals surface area contributed by atoms with Crippen LogP contribution in [0.25, 0.3) is 0 Å². The van der Waals surface area contributed by atoms with E-state index in [2.05, 4.69) is 32.6 Å². The van der Waals surface area contributed by atoms with Gasteiger partial charge >= 0.3 is 0 Å². The van der Waals surface area contributed by atoms with Crippen LogP contribution in [-0.4, -0.2) is 45.7 Å². The summed E-state index contributed by atoms with van der Waals surface area (Å²) in [6.07, 6.45) is 3.18. The minimum Gasteiger partial charge on any atom is -0.347 e. The second kappa shape index (κ2) is 8.55. The van der Waals surface area contributed by atoms with Gasteiger partial charge in [0.25, 0.3) is 5.91 Å². The van der Waals surface area contributed by atoms with Gasteiger partial charge in [0.2, 0.25) is 5.13 Å². The lowest BCUT2D eigenvalue weighted by atomic mass is 10.1. The van der Waals surface area contributed by atoms with Crippen molar-refractivity contribution in [1.29, 1.82) is 0 Å². The largest absolute Gasteiger partial charge is 0.347 e. The van der Waals surface area contributed by atoms with Crippen molar-refractivity contribution in [2.45, 2.75) is 29.6 Å². The van der Waals surface area contributed by atoms with Crippen molar-refractivity contribution in [1.82, 2.24) is 15.2 Å². The monoisotopic (exact) mass is 461 g/mol. The fourth-order valence-corrected chi connectivity index (χ4v) is 6.80. The third-order valence-corrected chi connectivity index (χ3v) is 8.93. The fourth-order valence-electron chi connectivity index (χ4n) is 3.52. The zero-order chi connectivity index (χ0) is 19.6. The number of aromatic nitrogens is 2. The van der Waals surface area contributed by atoms with E-state index in [9.17, 15) is 4.79 Å². The third-order valence-electron chi connectivity index (χ3n) is 4.93. The molecule has 0 spiro atoms. The molecule has 0 N–H and O–H groups in total. The summed E-state index contributed by atoms with van der Waals surface area (Å²) in [7, 11) is 0. The van der Waals surface area contributed by atoms with Crippen LogP contribution in [0.1, 0.15) is 35.1 Å². The van der Waals surface area contributed by atoms with Gasteiger partial charge in [-0.1, -0.05) is 35.2 Å². The van der Waals surface area contributed by atoms with E-state index < -0.39 is 0 Å². The predicted molar refractivity (Wildman–Crippen MR) is 121 cm³/mol. The summed E-state index contributed by atoms with van der Waals surface area (Å²) in [4.78, 5) is 17.6. The van der Waals surface area contributed by atoms with E-state index in [1.165, 1.54) is 29.5 Å². The maximum Gasteiger partial charge on any atom is 0.253 e. The van der Waals surface area contributed by atoms with Gasteiger partial charge in [0.15, 0.2) is 4.34 Å². The SMILES string of the molecule is O=C(CSc1nnc(N2CCCC2)s1)N1N=C(c2cccs2)CC1c1cccs1. The maximum atomic E-state index is 13.1. The Morgan fingerprint density at radius 1 is 1.14 bits per heavy atom. The Hall–Kier alpha value is -1.75. The molecule has 2 aliphatic rings. The molecule has 1 unspecified atom stereocenters. The standard InChI is InChI=1S/C19H19N5OS4/c25-17(12-28-19-21-20-18(29-19)23-7-1-2-8-23)24-14(16-6-4-10-27-16)11-13(22-24)15-5-3-9-26-15/h3-6,9-10,14H,1-2,7-8,11-12H2. The van der Waals surface area contributed by atoms with Crippen molar-refractivity contribution in [2.24, 2.45) is 5.10 Å². The highest BCUT2D eigenvalue weighted by Gasteiger charge is 2.34. The van der Waals surface area contributed by atoms with Crippen molar-refractivity contribution >= 4 is 62.5 Å². The molecule has 0 aromatic carbocycles. The number of hydrogen-bond donors (Lipinski definition) is 0. The van der Waals surface area contributed by atoms with Gasteiger partial charge < -0.3 is 4.90 Å². The van der Waals surface area contributed by atoms with Crippen LogP contribution < -0.4 is 4.90 Å². The van der Waals surface area contributed by atoms with Crippen LogP contribution in [-0.2, 0) is 4.79 Å². The first-order chi connectivity index (χ1) is 14.3. The lowest BCUT2D eigenvalue weighted by Gasteiger charge is -2.20. The quantitative estimate of drug-likeness (QED) is 0.497. The van der Waals surface area contributed by atoms with Gasteiger partial charge in [0.1, 0.15) is 0 Å². The summed E-state index contributed by atoms with van der Waals surface area (Å²) in [6, 6.07) is 8.19. The van der Waals surface area contributed by atoms with Gasteiger partial charge in [-0.25, -0.2) is 5.01 Å². The lowest BCUT2D eigenvalue weighted by molar-refractivity contribution is -0.130. The van der Waals surface area contributed by atoms with Crippen LogP contribution in [0.2, 0.25) is 0 Å². The molecule has 5 heterocycles. The van der Waals surface area contributed by atoms with Crippen LogP contribution in [0, 0.1) is 0 Å². The van der Waals surface area contributed by atoms with Crippen LogP contribution in [0.15, 0.2) is 44.5 Å². The normalized spacial score (nSPS) is 19.2. The zero-order valence-electron chi connectivity index (χ0n) is 15.6. The molecule has 1 amide bonds. The molecule has 6 nitrogen and oxygen atoms in total. The maximum absolute atomic E-state index is 13.1. The van der Waals surface area contributed by atoms with Crippen molar-refractivity contribution < 1.29 is 4.79 Å². The van der Waals surface area contributed by atoms with Crippen molar-refractivity contribution in [2.75, 3.05) is 23.7 Å². The molecular weight excluding hydrogens is 443 g/mol. The summed E-state index contributed by atoms with van der Waals surface area (Å²) >= 11 is 6.37. The lowest BCUT2D eigenvalue weighted by Crippen LogP contribution is -2.28. The highest BCUT2D eigenvalue weighted by atomic mass is 32.2. The second-order valence-electron chi connectivity index (χ2n) is 6.83. The van der Waals surface area contributed by atoms with E-state index in [-0.39, 0.29) is 11.9 Å². The molecule has 10 heteroatoms. The molecule has 29 heavy (non-hydrogen) atoms. The molecule has 1 atom stereocenters. The van der Waals surface area contributed by atoms with E-state index in [4.69, 9.17) is 5.10 Å². The fraction of sp³-hybridized carbons (Fsp3) is 0.368. The molecule has 0 radical (unpaired) electrons. The number of nitrogens with zero attached hydrogens (tertiary/aromatic N) is 5. The number of carbonyl (C=O) groups excluding carboxylic acids is 1. The Bertz CT molecular complexity index is 992. The Morgan fingerprint density at radius 3 is 2.72 bits per heavy atom. The first-order valence-corrected chi connectivity index (χ1v) is 13.0. The molecule has 5 rings (SSSR count). The molecule has 1 fully saturated rings. The molecule has 0 aliphatic carbocycles. The Labute approximate surface area is 185 Å². The predicted octanol–water partition coefficient (Wildman–Crippen LogP) is 4.73.